The van der Waals surface area contributed by atoms with Gasteiger partial charge in [-0.25, -0.2) is 8.78 Å². The summed E-state index contributed by atoms with van der Waals surface area (Å²) in [5.41, 5.74) is -4.08. The molecule has 0 aromatic rings. The molecule has 8 atom stereocenters. The summed E-state index contributed by atoms with van der Waals surface area (Å²) in [4.78, 5) is 104. The highest BCUT2D eigenvalue weighted by Crippen LogP contribution is 2.56. The van der Waals surface area contributed by atoms with E-state index in [1.807, 2.05) is 118 Å². The normalized spacial score (nSPS) is 20.6. The van der Waals surface area contributed by atoms with Crippen LogP contribution in [0.3, 0.4) is 0 Å². The number of carbonyl (C=O) groups excluding carboxylic acids is 9. The second-order valence-electron chi connectivity index (χ2n) is 39.0. The Kier molecular flexibility index (Phi) is 49.3. The second-order valence-corrected chi connectivity index (χ2v) is 39.0. The molecule has 28 heteroatoms. The van der Waals surface area contributed by atoms with Crippen LogP contribution in [-0.2, 0) is 85.8 Å². The Morgan fingerprint density at radius 1 is 0.471 bits per heavy atom. The van der Waals surface area contributed by atoms with Gasteiger partial charge < -0.3 is 42.6 Å². The Bertz CT molecular complexity index is 3050. The summed E-state index contributed by atoms with van der Waals surface area (Å²) in [7, 11) is 0. The summed E-state index contributed by atoms with van der Waals surface area (Å²) >= 11 is 0. The van der Waals surface area contributed by atoms with Crippen molar-refractivity contribution in [3.05, 3.63) is 0 Å². The van der Waals surface area contributed by atoms with E-state index in [1.54, 1.807) is 34.6 Å². The third kappa shape index (κ3) is 39.9. The molecule has 5 aliphatic rings. The lowest BCUT2D eigenvalue weighted by atomic mass is 9.75. The van der Waals surface area contributed by atoms with Crippen LogP contribution in [0.4, 0.5) is 43.9 Å². The monoisotopic (exact) mass is 1730 g/mol. The lowest BCUT2D eigenvalue weighted by molar-refractivity contribution is -0.221. The molecule has 1 saturated heterocycles. The van der Waals surface area contributed by atoms with Gasteiger partial charge in [0, 0.05) is 11.8 Å². The zero-order chi connectivity index (χ0) is 94.4. The average molecular weight is 1730 g/mol. The van der Waals surface area contributed by atoms with Crippen LogP contribution in [0.2, 0.25) is 0 Å². The van der Waals surface area contributed by atoms with Gasteiger partial charge in [-0.05, 0) is 271 Å². The first-order chi connectivity index (χ1) is 53.7. The van der Waals surface area contributed by atoms with Gasteiger partial charge in [-0.15, -0.1) is 0 Å². The van der Waals surface area contributed by atoms with Crippen LogP contribution in [0.15, 0.2) is 0 Å². The summed E-state index contributed by atoms with van der Waals surface area (Å²) in [6.07, 6.45) is 0.347. The lowest BCUT2D eigenvalue weighted by Crippen LogP contribution is -2.42. The van der Waals surface area contributed by atoms with Crippen LogP contribution in [0.1, 0.15) is 364 Å². The Morgan fingerprint density at radius 3 is 1.21 bits per heavy atom. The van der Waals surface area contributed by atoms with Crippen molar-refractivity contribution in [1.29, 1.82) is 0 Å². The first-order valence-electron chi connectivity index (χ1n) is 43.4. The molecule has 1 aliphatic heterocycles. The van der Waals surface area contributed by atoms with Crippen LogP contribution < -0.4 is 0 Å². The average Bonchev–Trinajstić information content (AvgIpc) is 1.57. The number of hydrogen-bond acceptors (Lipinski definition) is 18. The van der Waals surface area contributed by atoms with Crippen LogP contribution in [-0.4, -0.2) is 133 Å². The fraction of sp³-hybridized carbons (Fsp3) is 0.901. The molecule has 4 saturated carbocycles. The number of carbonyl (C=O) groups is 9. The van der Waals surface area contributed by atoms with Crippen molar-refractivity contribution in [1.82, 2.24) is 0 Å². The minimum Gasteiger partial charge on any atom is -0.463 e. The van der Waals surface area contributed by atoms with Gasteiger partial charge in [0.1, 0.15) is 29.5 Å². The van der Waals surface area contributed by atoms with E-state index in [1.165, 1.54) is 59.3 Å². The highest BCUT2D eigenvalue weighted by Gasteiger charge is 2.64. The molecule has 702 valence electrons. The van der Waals surface area contributed by atoms with E-state index in [-0.39, 0.29) is 99.0 Å². The molecule has 119 heavy (non-hydrogen) atoms. The largest absolute Gasteiger partial charge is 0.463 e. The minimum atomic E-state index is -4.49. The molecule has 4 aliphatic carbocycles. The smallest absolute Gasteiger partial charge is 0.425 e. The highest BCUT2D eigenvalue weighted by atomic mass is 19.4. The summed E-state index contributed by atoms with van der Waals surface area (Å²) in [6.45, 7) is 62.9. The number of esters is 9. The molecule has 0 N–H and O–H groups in total. The molecule has 0 aromatic carbocycles. The Labute approximate surface area is 709 Å². The molecule has 0 amide bonds. The van der Waals surface area contributed by atoms with Crippen molar-refractivity contribution in [3.8, 4) is 0 Å². The van der Waals surface area contributed by atoms with E-state index in [0.717, 1.165) is 84.0 Å². The number of ether oxygens (including phenoxy) is 9. The molecular weight excluding hydrogens is 1570 g/mol. The van der Waals surface area contributed by atoms with Gasteiger partial charge in [-0.2, -0.15) is 35.1 Å². The zero-order valence-corrected chi connectivity index (χ0v) is 79.4. The molecule has 1 heterocycles. The van der Waals surface area contributed by atoms with E-state index < -0.39 is 83.6 Å². The molecule has 5 rings (SSSR count). The van der Waals surface area contributed by atoms with Crippen molar-refractivity contribution >= 4 is 53.7 Å². The van der Waals surface area contributed by atoms with E-state index in [0.29, 0.717) is 48.9 Å². The molecule has 5 fully saturated rings. The number of rotatable bonds is 30. The van der Waals surface area contributed by atoms with Crippen LogP contribution in [0.25, 0.3) is 0 Å². The molecule has 18 nitrogen and oxygen atoms in total. The Balaban J connectivity index is -0.00000130. The van der Waals surface area contributed by atoms with Crippen molar-refractivity contribution in [2.24, 2.45) is 85.2 Å². The van der Waals surface area contributed by atoms with Crippen molar-refractivity contribution in [2.75, 3.05) is 6.61 Å². The van der Waals surface area contributed by atoms with Gasteiger partial charge in [-0.1, -0.05) is 117 Å². The van der Waals surface area contributed by atoms with Gasteiger partial charge >= 0.3 is 78.4 Å². The van der Waals surface area contributed by atoms with E-state index in [9.17, 15) is 87.1 Å². The summed E-state index contributed by atoms with van der Waals surface area (Å²) in [5, 5.41) is 0. The van der Waals surface area contributed by atoms with E-state index in [2.05, 4.69) is 69.6 Å². The minimum absolute atomic E-state index is 0.00618. The van der Waals surface area contributed by atoms with E-state index in [4.69, 9.17) is 28.4 Å². The predicted octanol–water partition coefficient (Wildman–Crippen LogP) is 24.5. The molecule has 0 radical (unpaired) electrons. The molecular formula is C91H160F10O18. The maximum absolute atomic E-state index is 12.4. The molecule has 8 unspecified atom stereocenters. The second kappa shape index (κ2) is 49.9. The topological polar surface area (TPSA) is 237 Å². The predicted molar refractivity (Wildman–Crippen MR) is 442 cm³/mol. The summed E-state index contributed by atoms with van der Waals surface area (Å²) < 4.78 is 166. The number of hydrogen-bond donors (Lipinski definition) is 0. The van der Waals surface area contributed by atoms with Crippen LogP contribution in [0.5, 0.6) is 0 Å². The highest BCUT2D eigenvalue weighted by molar-refractivity contribution is 5.80. The van der Waals surface area contributed by atoms with Crippen molar-refractivity contribution in [2.45, 2.75) is 437 Å². The molecule has 0 spiro atoms. The lowest BCUT2D eigenvalue weighted by Gasteiger charge is -2.39. The standard InChI is InChI=1S/C16H30O2.C14H20O4.C13H24O2.C13H26O2.C9H14F4O2.C9H15F3O2.C9H18O2.C8H13F3O2/c1-7-15(3,4)14(17)18-16(5,6)13-10-8-12(2)9-11-13;1-4-14(2,3)13(16)18-10-7-5-8-9(6-7)12(15)17-11(8)10;1-5-12(3,4)11(14)15-13(6-2)9-7-8-10-13;1-8-13(6,7)12(14)15-11(9(2)3)10(4)5;1-4-8(2,3)7(14)15-5-9(12,13)6(10)11;1-5-8(3,4)7(13)14-6(2)9(10,11)12;1-6-9(4,5)8(10)11-7(2)3;1-4-5(2)7(12)13-6(3)8(9,10)11/h12-13H,7-11H2,1-6H3;7-11H,4-6H2,1-3H3;5-10H2,1-4H3;9-11H,8H2,1-7H3;6H,4-5H2,1-3H3;6H,5H2,1-4H3;7H,6H2,1-5H3;5-6H,4H2,1-3H3. The van der Waals surface area contributed by atoms with Crippen LogP contribution >= 0.6 is 0 Å². The van der Waals surface area contributed by atoms with Gasteiger partial charge in [0.25, 0.3) is 0 Å². The first-order valence-corrected chi connectivity index (χ1v) is 43.4. The van der Waals surface area contributed by atoms with E-state index >= 15 is 0 Å². The third-order valence-electron chi connectivity index (χ3n) is 24.7. The SMILES string of the molecule is CCC(C)(C)C(=O)OC(C(C)C)C(C)C.CCC(C)(C)C(=O)OC(C)(C)C1CCC(C)CC1.CCC(C)(C)C(=O)OC(C)C.CCC(C)(C)C(=O)OC(C)C(F)(F)F.CCC(C)(C)C(=O)OC1C2CC3C(=O)OC1C3C2.CCC(C)(C)C(=O)OCC(F)(F)C(F)F.CCC(C)C(=O)OC(C)C(F)(F)F.CCC1(OC(=O)C(C)(C)CC)CCCC1. The number of halogens is 10. The number of alkyl halides is 10. The first kappa shape index (κ1) is 118. The maximum Gasteiger partial charge on any atom is 0.425 e. The number of fused-ring (bicyclic) bond motifs is 1. The maximum atomic E-state index is 12.4. The fourth-order valence-corrected chi connectivity index (χ4v) is 11.7. The zero-order valence-electron chi connectivity index (χ0n) is 79.4. The summed E-state index contributed by atoms with van der Waals surface area (Å²) in [6, 6.07) is 0. The fourth-order valence-electron chi connectivity index (χ4n) is 11.7. The van der Waals surface area contributed by atoms with Gasteiger partial charge in [0.05, 0.1) is 55.8 Å². The molecule has 0 aromatic heterocycles. The van der Waals surface area contributed by atoms with Gasteiger partial charge in [-0.3, -0.25) is 43.2 Å². The van der Waals surface area contributed by atoms with Crippen LogP contribution in [0, 0.1) is 85.2 Å². The van der Waals surface area contributed by atoms with Gasteiger partial charge in [0.15, 0.2) is 18.8 Å². The molecule has 2 bridgehead atoms. The van der Waals surface area contributed by atoms with Crippen molar-refractivity contribution < 1.29 is 130 Å². The Hall–Kier alpha value is -5.47. The quantitative estimate of drug-likeness (QED) is 0.0369. The Morgan fingerprint density at radius 2 is 0.840 bits per heavy atom. The summed E-state index contributed by atoms with van der Waals surface area (Å²) in [5.74, 6) is -4.95. The van der Waals surface area contributed by atoms with Gasteiger partial charge in [0.2, 0.25) is 0 Å². The van der Waals surface area contributed by atoms with Crippen molar-refractivity contribution in [3.63, 3.8) is 0 Å². The third-order valence-corrected chi connectivity index (χ3v) is 24.7.